The van der Waals surface area contributed by atoms with Crippen molar-refractivity contribution in [2.24, 2.45) is 5.41 Å². The van der Waals surface area contributed by atoms with Crippen LogP contribution >= 0.6 is 15.9 Å². The van der Waals surface area contributed by atoms with E-state index in [1.165, 1.54) is 0 Å². The van der Waals surface area contributed by atoms with Crippen LogP contribution in [0, 0.1) is 5.41 Å². The van der Waals surface area contributed by atoms with Crippen LogP contribution in [0.3, 0.4) is 0 Å². The Labute approximate surface area is 115 Å². The third-order valence-corrected chi connectivity index (χ3v) is 3.34. The third kappa shape index (κ3) is 3.57. The van der Waals surface area contributed by atoms with Gasteiger partial charge in [0.15, 0.2) is 0 Å². The number of carbonyl (C=O) groups excluding carboxylic acids is 2. The Balaban J connectivity index is 2.68. The number of benzene rings is 1. The first-order chi connectivity index (χ1) is 8.38. The van der Waals surface area contributed by atoms with E-state index in [1.54, 1.807) is 39.1 Å². The Morgan fingerprint density at radius 2 is 1.89 bits per heavy atom. The van der Waals surface area contributed by atoms with Gasteiger partial charge in [-0.1, -0.05) is 12.1 Å². The van der Waals surface area contributed by atoms with Gasteiger partial charge in [0, 0.05) is 18.1 Å². The molecule has 0 radical (unpaired) electrons. The number of rotatable bonds is 4. The molecule has 1 aromatic carbocycles. The van der Waals surface area contributed by atoms with Crippen molar-refractivity contribution in [1.82, 2.24) is 10.6 Å². The maximum absolute atomic E-state index is 12.0. The van der Waals surface area contributed by atoms with Gasteiger partial charge in [-0.2, -0.15) is 0 Å². The summed E-state index contributed by atoms with van der Waals surface area (Å²) in [5.74, 6) is -0.297. The fraction of sp³-hybridized carbons (Fsp3) is 0.385. The van der Waals surface area contributed by atoms with E-state index in [4.69, 9.17) is 0 Å². The van der Waals surface area contributed by atoms with Gasteiger partial charge in [0.05, 0.1) is 11.0 Å². The fourth-order valence-corrected chi connectivity index (χ4v) is 1.93. The van der Waals surface area contributed by atoms with Gasteiger partial charge in [0.2, 0.25) is 5.91 Å². The van der Waals surface area contributed by atoms with Crippen LogP contribution in [0.5, 0.6) is 0 Å². The molecule has 0 unspecified atom stereocenters. The zero-order chi connectivity index (χ0) is 13.8. The maximum atomic E-state index is 12.0. The fourth-order valence-electron chi connectivity index (χ4n) is 1.46. The topological polar surface area (TPSA) is 58.2 Å². The number of amides is 2. The van der Waals surface area contributed by atoms with E-state index in [0.29, 0.717) is 5.56 Å². The Morgan fingerprint density at radius 3 is 2.44 bits per heavy atom. The number of halogens is 1. The molecule has 1 rings (SSSR count). The van der Waals surface area contributed by atoms with E-state index in [-0.39, 0.29) is 18.4 Å². The molecule has 18 heavy (non-hydrogen) atoms. The van der Waals surface area contributed by atoms with Crippen LogP contribution in [-0.4, -0.2) is 25.4 Å². The highest BCUT2D eigenvalue weighted by Crippen LogP contribution is 2.17. The molecule has 0 aliphatic carbocycles. The van der Waals surface area contributed by atoms with E-state index in [1.807, 2.05) is 6.07 Å². The van der Waals surface area contributed by atoms with Crippen molar-refractivity contribution < 1.29 is 9.59 Å². The van der Waals surface area contributed by atoms with Crippen LogP contribution in [0.15, 0.2) is 28.7 Å². The van der Waals surface area contributed by atoms with Crippen LogP contribution < -0.4 is 10.6 Å². The Hall–Kier alpha value is -1.36. The highest BCUT2D eigenvalue weighted by molar-refractivity contribution is 9.10. The van der Waals surface area contributed by atoms with Gasteiger partial charge in [-0.05, 0) is 41.9 Å². The Kier molecular flexibility index (Phi) is 4.90. The van der Waals surface area contributed by atoms with Crippen LogP contribution in [0.4, 0.5) is 0 Å². The van der Waals surface area contributed by atoms with Crippen molar-refractivity contribution >= 4 is 27.7 Å². The summed E-state index contributed by atoms with van der Waals surface area (Å²) >= 11 is 3.32. The highest BCUT2D eigenvalue weighted by atomic mass is 79.9. The lowest BCUT2D eigenvalue weighted by atomic mass is 9.92. The van der Waals surface area contributed by atoms with E-state index in [2.05, 4.69) is 26.6 Å². The normalized spacial score (nSPS) is 10.9. The minimum absolute atomic E-state index is 0.102. The lowest BCUT2D eigenvalue weighted by Crippen LogP contribution is -2.43. The van der Waals surface area contributed by atoms with Crippen molar-refractivity contribution in [3.63, 3.8) is 0 Å². The van der Waals surface area contributed by atoms with Gasteiger partial charge < -0.3 is 10.6 Å². The molecule has 1 aromatic rings. The van der Waals surface area contributed by atoms with Crippen molar-refractivity contribution in [2.75, 3.05) is 13.6 Å². The smallest absolute Gasteiger partial charge is 0.252 e. The molecule has 0 aliphatic heterocycles. The van der Waals surface area contributed by atoms with Crippen molar-refractivity contribution in [3.8, 4) is 0 Å². The maximum Gasteiger partial charge on any atom is 0.252 e. The lowest BCUT2D eigenvalue weighted by molar-refractivity contribution is -0.128. The third-order valence-electron chi connectivity index (χ3n) is 2.65. The second-order valence-corrected chi connectivity index (χ2v) is 5.48. The molecule has 0 aliphatic rings. The molecule has 4 nitrogen and oxygen atoms in total. The second kappa shape index (κ2) is 6.00. The molecule has 5 heteroatoms. The van der Waals surface area contributed by atoms with Gasteiger partial charge in [-0.3, -0.25) is 9.59 Å². The quantitative estimate of drug-likeness (QED) is 0.893. The van der Waals surface area contributed by atoms with Gasteiger partial charge in [0.25, 0.3) is 5.91 Å². The van der Waals surface area contributed by atoms with E-state index in [0.717, 1.165) is 4.47 Å². The molecule has 98 valence electrons. The number of hydrogen-bond acceptors (Lipinski definition) is 2. The molecular formula is C13H17BrN2O2. The van der Waals surface area contributed by atoms with E-state index in [9.17, 15) is 9.59 Å². The highest BCUT2D eigenvalue weighted by Gasteiger charge is 2.27. The zero-order valence-corrected chi connectivity index (χ0v) is 12.3. The standard InChI is InChI=1S/C13H17BrN2O2/c1-13(2,12(18)15-3)8-16-11(17)9-6-4-5-7-10(9)14/h4-7H,8H2,1-3H3,(H,15,18)(H,16,17). The van der Waals surface area contributed by atoms with Gasteiger partial charge >= 0.3 is 0 Å². The average molecular weight is 313 g/mol. The Bertz CT molecular complexity index is 458. The van der Waals surface area contributed by atoms with Gasteiger partial charge in [-0.25, -0.2) is 0 Å². The minimum atomic E-state index is -0.633. The van der Waals surface area contributed by atoms with Crippen molar-refractivity contribution in [2.45, 2.75) is 13.8 Å². The summed E-state index contributed by atoms with van der Waals surface area (Å²) in [7, 11) is 1.58. The first-order valence-electron chi connectivity index (χ1n) is 5.63. The largest absolute Gasteiger partial charge is 0.359 e. The predicted molar refractivity (Wildman–Crippen MR) is 74.3 cm³/mol. The summed E-state index contributed by atoms with van der Waals surface area (Å²) in [5, 5.41) is 5.35. The first kappa shape index (κ1) is 14.7. The zero-order valence-electron chi connectivity index (χ0n) is 10.7. The summed E-state index contributed by atoms with van der Waals surface area (Å²) < 4.78 is 0.736. The number of hydrogen-bond donors (Lipinski definition) is 2. The average Bonchev–Trinajstić information content (AvgIpc) is 2.35. The predicted octanol–water partition coefficient (Wildman–Crippen LogP) is 1.95. The summed E-state index contributed by atoms with van der Waals surface area (Å²) in [6, 6.07) is 7.17. The van der Waals surface area contributed by atoms with E-state index < -0.39 is 5.41 Å². The number of carbonyl (C=O) groups is 2. The Morgan fingerprint density at radius 1 is 1.28 bits per heavy atom. The molecular weight excluding hydrogens is 296 g/mol. The molecule has 0 aromatic heterocycles. The summed E-state index contributed by atoms with van der Waals surface area (Å²) in [6.45, 7) is 3.85. The molecule has 0 spiro atoms. The summed E-state index contributed by atoms with van der Waals surface area (Å²) in [5.41, 5.74) is -0.0729. The second-order valence-electron chi connectivity index (χ2n) is 4.63. The SMILES string of the molecule is CNC(=O)C(C)(C)CNC(=O)c1ccccc1Br. The number of nitrogens with one attached hydrogen (secondary N) is 2. The molecule has 0 heterocycles. The van der Waals surface area contributed by atoms with Gasteiger partial charge in [0.1, 0.15) is 0 Å². The van der Waals surface area contributed by atoms with Gasteiger partial charge in [-0.15, -0.1) is 0 Å². The van der Waals surface area contributed by atoms with Crippen molar-refractivity contribution in [1.29, 1.82) is 0 Å². The molecule has 0 fully saturated rings. The summed E-state index contributed by atoms with van der Waals surface area (Å²) in [6.07, 6.45) is 0. The first-order valence-corrected chi connectivity index (χ1v) is 6.42. The molecule has 2 amide bonds. The van der Waals surface area contributed by atoms with Crippen LogP contribution in [0.2, 0.25) is 0 Å². The molecule has 0 saturated heterocycles. The minimum Gasteiger partial charge on any atom is -0.359 e. The lowest BCUT2D eigenvalue weighted by Gasteiger charge is -2.22. The molecule has 0 saturated carbocycles. The molecule has 2 N–H and O–H groups in total. The van der Waals surface area contributed by atoms with Crippen LogP contribution in [0.25, 0.3) is 0 Å². The van der Waals surface area contributed by atoms with Crippen molar-refractivity contribution in [3.05, 3.63) is 34.3 Å². The molecule has 0 atom stereocenters. The summed E-state index contributed by atoms with van der Waals surface area (Å²) in [4.78, 5) is 23.5. The van der Waals surface area contributed by atoms with E-state index >= 15 is 0 Å². The molecule has 0 bridgehead atoms. The van der Waals surface area contributed by atoms with Crippen LogP contribution in [-0.2, 0) is 4.79 Å². The monoisotopic (exact) mass is 312 g/mol. The van der Waals surface area contributed by atoms with Crippen LogP contribution in [0.1, 0.15) is 24.2 Å².